The normalized spacial score (nSPS) is 25.7. The van der Waals surface area contributed by atoms with Crippen molar-refractivity contribution in [1.29, 1.82) is 0 Å². The molecule has 15 nitrogen and oxygen atoms in total. The van der Waals surface area contributed by atoms with Gasteiger partial charge in [0.05, 0.1) is 28.4 Å². The van der Waals surface area contributed by atoms with E-state index in [1.54, 1.807) is 41.8 Å². The Morgan fingerprint density at radius 2 is 1.08 bits per heavy atom. The molecule has 6 fully saturated rings. The van der Waals surface area contributed by atoms with E-state index in [1.165, 1.54) is 135 Å². The SMILES string of the molecule is CN1CCN(C2CCC(c3cnc4[nH]cc(-c5csc(C6CCCN6C)n5)c4c3)CC2)CC1.CN1CCN(C2CCC(c3cnc4c(c3)c(-c3csc(C5CCCN5C)n3)cn4S(=O)(=O)c3ccccc3)CC2)CC1.[Na+].[OH-]. The van der Waals surface area contributed by atoms with Crippen LogP contribution in [-0.2, 0) is 10.0 Å². The number of benzene rings is 1. The molecule has 0 radical (unpaired) electrons. The van der Waals surface area contributed by atoms with Crippen molar-refractivity contribution in [2.24, 2.45) is 0 Å². The standard InChI is InChI=1S/C32H40N6O2S2.C26H36N6S.Na.H2O/c1-35-15-17-37(18-16-35)25-12-10-23(11-13-25)24-19-27-28(29-22-41-32(34-29)30-9-6-14-36(30)2)21-38(31(27)33-20-24)42(39,40)26-7-4-3-5-8-26;1-30-10-12-32(13-11-30)20-7-5-18(6-8-20)19-14-21-22(16-28-25(21)27-15-19)23-17-33-26(29-23)24-4-3-9-31(24)2;;/h3-5,7-8,19-23,25,30H,6,9-18H2,1-2H3;14-18,20,24H,3-13H2,1-2H3,(H,27,28);;1H2/q;;+1;/p-1. The van der Waals surface area contributed by atoms with Gasteiger partial charge in [-0.2, -0.15) is 0 Å². The zero-order valence-corrected chi connectivity index (χ0v) is 50.4. The van der Waals surface area contributed by atoms with Crippen LogP contribution in [0.5, 0.6) is 0 Å². The van der Waals surface area contributed by atoms with Gasteiger partial charge in [-0.25, -0.2) is 32.3 Å². The molecule has 2 saturated carbocycles. The van der Waals surface area contributed by atoms with Crippen LogP contribution in [0.4, 0.5) is 0 Å². The average molecular weight is 1110 g/mol. The molecule has 4 aliphatic heterocycles. The molecular formula is C58H77N12NaO3S3. The van der Waals surface area contributed by atoms with Crippen LogP contribution in [0.15, 0.2) is 82.9 Å². The molecule has 77 heavy (non-hydrogen) atoms. The van der Waals surface area contributed by atoms with Gasteiger partial charge >= 0.3 is 29.6 Å². The molecule has 2 atom stereocenters. The molecule has 7 aromatic rings. The third-order valence-corrected chi connectivity index (χ3v) is 21.7. The van der Waals surface area contributed by atoms with E-state index in [0.717, 1.165) is 77.9 Å². The van der Waals surface area contributed by atoms with E-state index in [9.17, 15) is 8.42 Å². The first-order valence-corrected chi connectivity index (χ1v) is 31.2. The van der Waals surface area contributed by atoms with Gasteiger partial charge in [-0.1, -0.05) is 18.2 Å². The first-order valence-electron chi connectivity index (χ1n) is 28.0. The number of fused-ring (bicyclic) bond motifs is 2. The van der Waals surface area contributed by atoms with Gasteiger partial charge in [-0.15, -0.1) is 22.7 Å². The van der Waals surface area contributed by atoms with Crippen LogP contribution in [0.25, 0.3) is 44.6 Å². The number of piperazine rings is 2. The second-order valence-corrected chi connectivity index (χ2v) is 26.4. The number of thiazole rings is 2. The number of rotatable bonds is 10. The molecule has 19 heteroatoms. The van der Waals surface area contributed by atoms with E-state index >= 15 is 0 Å². The Hall–Kier alpha value is -3.47. The monoisotopic (exact) mass is 1110 g/mol. The van der Waals surface area contributed by atoms with Gasteiger partial charge in [0.15, 0.2) is 5.65 Å². The summed E-state index contributed by atoms with van der Waals surface area (Å²) in [5.41, 5.74) is 8.04. The molecule has 13 rings (SSSR count). The van der Waals surface area contributed by atoms with Gasteiger partial charge in [0, 0.05) is 122 Å². The third kappa shape index (κ3) is 12.0. The van der Waals surface area contributed by atoms with Crippen molar-refractivity contribution in [2.75, 3.05) is 93.6 Å². The van der Waals surface area contributed by atoms with Crippen LogP contribution in [0.1, 0.15) is 122 Å². The number of aromatic nitrogens is 6. The Labute approximate surface area is 486 Å². The fourth-order valence-corrected chi connectivity index (χ4v) is 16.7. The molecule has 2 N–H and O–H groups in total. The summed E-state index contributed by atoms with van der Waals surface area (Å²) in [6.45, 7) is 11.8. The minimum absolute atomic E-state index is 0. The molecule has 2 aliphatic carbocycles. The minimum Gasteiger partial charge on any atom is -0.870 e. The van der Waals surface area contributed by atoms with Gasteiger partial charge in [0.25, 0.3) is 10.0 Å². The second-order valence-electron chi connectivity index (χ2n) is 22.8. The fourth-order valence-electron chi connectivity index (χ4n) is 13.4. The minimum atomic E-state index is -3.82. The Morgan fingerprint density at radius 3 is 1.58 bits per heavy atom. The summed E-state index contributed by atoms with van der Waals surface area (Å²) in [6, 6.07) is 15.5. The van der Waals surface area contributed by atoms with Crippen LogP contribution in [0.3, 0.4) is 0 Å². The topological polar surface area (TPSA) is 156 Å². The maximum atomic E-state index is 13.8. The molecular weight excluding hydrogens is 1030 g/mol. The molecule has 10 heterocycles. The number of nitrogens with zero attached hydrogens (tertiary/aromatic N) is 11. The molecule has 406 valence electrons. The number of hydrogen-bond donors (Lipinski definition) is 1. The van der Waals surface area contributed by atoms with E-state index in [1.807, 2.05) is 23.6 Å². The molecule has 0 spiro atoms. The van der Waals surface area contributed by atoms with Crippen molar-refractivity contribution in [1.82, 2.24) is 58.3 Å². The summed E-state index contributed by atoms with van der Waals surface area (Å²) in [5, 5.41) is 8.77. The smallest absolute Gasteiger partial charge is 0.870 e. The zero-order chi connectivity index (χ0) is 51.2. The van der Waals surface area contributed by atoms with Crippen LogP contribution in [-0.4, -0.2) is 178 Å². The van der Waals surface area contributed by atoms with Gasteiger partial charge in [-0.3, -0.25) is 19.6 Å². The number of aromatic amines is 1. The number of nitrogens with one attached hydrogen (secondary N) is 1. The Balaban J connectivity index is 0.000000175. The molecule has 6 aromatic heterocycles. The van der Waals surface area contributed by atoms with Crippen molar-refractivity contribution in [3.63, 3.8) is 0 Å². The summed E-state index contributed by atoms with van der Waals surface area (Å²) in [6.07, 6.45) is 22.5. The summed E-state index contributed by atoms with van der Waals surface area (Å²) < 4.78 is 29.0. The van der Waals surface area contributed by atoms with E-state index in [-0.39, 0.29) is 39.9 Å². The number of pyridine rings is 2. The summed E-state index contributed by atoms with van der Waals surface area (Å²) in [5.74, 6) is 1.07. The predicted molar refractivity (Wildman–Crippen MR) is 306 cm³/mol. The van der Waals surface area contributed by atoms with Crippen molar-refractivity contribution < 1.29 is 43.5 Å². The molecule has 0 amide bonds. The van der Waals surface area contributed by atoms with Gasteiger partial charge in [0.1, 0.15) is 15.7 Å². The van der Waals surface area contributed by atoms with E-state index in [0.29, 0.717) is 35.6 Å². The van der Waals surface area contributed by atoms with E-state index in [2.05, 4.69) is 97.9 Å². The van der Waals surface area contributed by atoms with Crippen LogP contribution in [0.2, 0.25) is 0 Å². The van der Waals surface area contributed by atoms with Crippen LogP contribution < -0.4 is 29.6 Å². The zero-order valence-electron chi connectivity index (χ0n) is 45.9. The molecule has 0 bridgehead atoms. The van der Waals surface area contributed by atoms with Crippen molar-refractivity contribution in [3.8, 4) is 22.5 Å². The summed E-state index contributed by atoms with van der Waals surface area (Å²) in [7, 11) is 5.01. The van der Waals surface area contributed by atoms with Gasteiger partial charge in [-0.05, 0) is 166 Å². The quantitative estimate of drug-likeness (QED) is 0.140. The predicted octanol–water partition coefficient (Wildman–Crippen LogP) is 6.99. The van der Waals surface area contributed by atoms with Crippen molar-refractivity contribution in [3.05, 3.63) is 99.2 Å². The largest absolute Gasteiger partial charge is 1.00 e. The number of likely N-dealkylation sites (tertiary alicyclic amines) is 2. The van der Waals surface area contributed by atoms with Crippen molar-refractivity contribution >= 4 is 54.8 Å². The summed E-state index contributed by atoms with van der Waals surface area (Å²) in [4.78, 5) is 38.5. The van der Waals surface area contributed by atoms with Gasteiger partial charge in [0.2, 0.25) is 0 Å². The second kappa shape index (κ2) is 24.7. The molecule has 1 aromatic carbocycles. The van der Waals surface area contributed by atoms with Gasteiger partial charge < -0.3 is 20.3 Å². The van der Waals surface area contributed by atoms with E-state index in [4.69, 9.17) is 19.9 Å². The first-order chi connectivity index (χ1) is 36.5. The fraction of sp³-hybridized carbons (Fsp3) is 0.552. The number of hydrogen-bond acceptors (Lipinski definition) is 15. The Bertz CT molecular complexity index is 3170. The Morgan fingerprint density at radius 1 is 0.584 bits per heavy atom. The molecule has 4 saturated heterocycles. The van der Waals surface area contributed by atoms with Crippen LogP contribution in [0, 0.1) is 0 Å². The van der Waals surface area contributed by atoms with Crippen LogP contribution >= 0.6 is 22.7 Å². The number of likely N-dealkylation sites (N-methyl/N-ethyl adjacent to an activating group) is 2. The third-order valence-electron chi connectivity index (χ3n) is 18.1. The van der Waals surface area contributed by atoms with Crippen molar-refractivity contribution in [2.45, 2.75) is 118 Å². The maximum Gasteiger partial charge on any atom is 1.00 e. The maximum absolute atomic E-state index is 13.8. The van der Waals surface area contributed by atoms with E-state index < -0.39 is 10.0 Å². The molecule has 6 aliphatic rings. The number of H-pyrrole nitrogens is 1. The Kier molecular flexibility index (Phi) is 18.2. The summed E-state index contributed by atoms with van der Waals surface area (Å²) >= 11 is 3.48. The first kappa shape index (κ1) is 56.8. The average Bonchev–Trinajstić information content (AvgIpc) is 4.35. The molecule has 2 unspecified atom stereocenters.